The summed E-state index contributed by atoms with van der Waals surface area (Å²) < 4.78 is 2.03. The minimum absolute atomic E-state index is 0.757. The first kappa shape index (κ1) is 10.9. The minimum atomic E-state index is 0.757. The molecule has 0 aliphatic heterocycles. The highest BCUT2D eigenvalue weighted by Gasteiger charge is 2.01. The van der Waals surface area contributed by atoms with E-state index in [0.29, 0.717) is 0 Å². The molecule has 0 saturated heterocycles. The van der Waals surface area contributed by atoms with E-state index in [4.69, 9.17) is 0 Å². The Balaban J connectivity index is 2.34. The molecule has 78 valence electrons. The molecule has 0 aromatic carbocycles. The summed E-state index contributed by atoms with van der Waals surface area (Å²) >= 11 is 0. The molecule has 0 atom stereocenters. The van der Waals surface area contributed by atoms with Crippen LogP contribution in [0, 0.1) is 0 Å². The van der Waals surface area contributed by atoms with Gasteiger partial charge in [0.25, 0.3) is 0 Å². The second-order valence-corrected chi connectivity index (χ2v) is 3.24. The Kier molecular flexibility index (Phi) is 4.32. The smallest absolute Gasteiger partial charge is 0.146 e. The van der Waals surface area contributed by atoms with Crippen molar-refractivity contribution in [2.24, 2.45) is 0 Å². The lowest BCUT2D eigenvalue weighted by Gasteiger charge is -2.06. The number of aryl methyl sites for hydroxylation is 1. The van der Waals surface area contributed by atoms with Gasteiger partial charge >= 0.3 is 0 Å². The first-order chi connectivity index (χ1) is 6.77. The van der Waals surface area contributed by atoms with Gasteiger partial charge in [0.05, 0.1) is 6.54 Å². The van der Waals surface area contributed by atoms with E-state index in [1.165, 1.54) is 5.57 Å². The van der Waals surface area contributed by atoms with Crippen LogP contribution in [-0.4, -0.2) is 21.3 Å². The van der Waals surface area contributed by atoms with Gasteiger partial charge in [-0.2, -0.15) is 0 Å². The van der Waals surface area contributed by atoms with Crippen LogP contribution in [0.1, 0.15) is 26.1 Å². The first-order valence-electron chi connectivity index (χ1n) is 5.02. The molecule has 1 aromatic heterocycles. The predicted octanol–water partition coefficient (Wildman–Crippen LogP) is 1.35. The molecule has 1 aromatic rings. The van der Waals surface area contributed by atoms with Crippen LogP contribution in [-0.2, 0) is 13.1 Å². The highest BCUT2D eigenvalue weighted by atomic mass is 15.3. The molecule has 0 fully saturated rings. The van der Waals surface area contributed by atoms with Crippen LogP contribution >= 0.6 is 0 Å². The number of nitrogens with zero attached hydrogens (tertiary/aromatic N) is 3. The van der Waals surface area contributed by atoms with E-state index >= 15 is 0 Å². The third-order valence-corrected chi connectivity index (χ3v) is 2.19. The van der Waals surface area contributed by atoms with E-state index < -0.39 is 0 Å². The van der Waals surface area contributed by atoms with Crippen LogP contribution in [0.3, 0.4) is 0 Å². The molecule has 0 aliphatic rings. The van der Waals surface area contributed by atoms with Crippen molar-refractivity contribution >= 4 is 0 Å². The number of rotatable bonds is 6. The molecule has 0 amide bonds. The Morgan fingerprint density at radius 3 is 3.00 bits per heavy atom. The standard InChI is InChI=1S/C10H18N4/c1-4-9(3)6-11-7-10-13-12-8-14(10)5-2/h8,11H,3-7H2,1-2H3. The van der Waals surface area contributed by atoms with E-state index in [9.17, 15) is 0 Å². The second-order valence-electron chi connectivity index (χ2n) is 3.24. The molecule has 4 heteroatoms. The SMILES string of the molecule is C=C(CC)CNCc1nncn1CC. The van der Waals surface area contributed by atoms with Crippen molar-refractivity contribution in [1.29, 1.82) is 0 Å². The van der Waals surface area contributed by atoms with Crippen LogP contribution in [0.4, 0.5) is 0 Å². The average molecular weight is 194 g/mol. The fourth-order valence-corrected chi connectivity index (χ4v) is 1.16. The summed E-state index contributed by atoms with van der Waals surface area (Å²) in [6.45, 7) is 10.6. The lowest BCUT2D eigenvalue weighted by Crippen LogP contribution is -2.18. The van der Waals surface area contributed by atoms with Crippen LogP contribution in [0.2, 0.25) is 0 Å². The zero-order chi connectivity index (χ0) is 10.4. The van der Waals surface area contributed by atoms with Crippen molar-refractivity contribution in [1.82, 2.24) is 20.1 Å². The maximum Gasteiger partial charge on any atom is 0.146 e. The van der Waals surface area contributed by atoms with Crippen molar-refractivity contribution in [3.63, 3.8) is 0 Å². The van der Waals surface area contributed by atoms with Gasteiger partial charge in [0.1, 0.15) is 12.2 Å². The zero-order valence-electron chi connectivity index (χ0n) is 8.95. The summed E-state index contributed by atoms with van der Waals surface area (Å²) in [5.41, 5.74) is 1.22. The van der Waals surface area contributed by atoms with Crippen molar-refractivity contribution in [2.75, 3.05) is 6.54 Å². The van der Waals surface area contributed by atoms with E-state index in [0.717, 1.165) is 31.9 Å². The van der Waals surface area contributed by atoms with Gasteiger partial charge in [-0.15, -0.1) is 10.2 Å². The summed E-state index contributed by atoms with van der Waals surface area (Å²) in [5.74, 6) is 0.983. The molecule has 0 bridgehead atoms. The monoisotopic (exact) mass is 194 g/mol. The third-order valence-electron chi connectivity index (χ3n) is 2.19. The molecule has 0 spiro atoms. The average Bonchev–Trinajstić information content (AvgIpc) is 2.65. The first-order valence-corrected chi connectivity index (χ1v) is 5.02. The highest BCUT2D eigenvalue weighted by Crippen LogP contribution is 1.96. The third kappa shape index (κ3) is 2.96. The van der Waals surface area contributed by atoms with Crippen molar-refractivity contribution in [2.45, 2.75) is 33.4 Å². The quantitative estimate of drug-likeness (QED) is 0.695. The molecule has 1 N–H and O–H groups in total. The van der Waals surface area contributed by atoms with E-state index in [1.54, 1.807) is 6.33 Å². The normalized spacial score (nSPS) is 10.4. The van der Waals surface area contributed by atoms with Crippen LogP contribution in [0.25, 0.3) is 0 Å². The Morgan fingerprint density at radius 1 is 1.57 bits per heavy atom. The molecule has 0 unspecified atom stereocenters. The number of nitrogens with one attached hydrogen (secondary N) is 1. The maximum absolute atomic E-state index is 4.03. The Labute approximate surface area is 85.0 Å². The number of hydrogen-bond acceptors (Lipinski definition) is 3. The molecule has 0 saturated carbocycles. The van der Waals surface area contributed by atoms with Gasteiger partial charge < -0.3 is 9.88 Å². The van der Waals surface area contributed by atoms with Gasteiger partial charge in [-0.25, -0.2) is 0 Å². The van der Waals surface area contributed by atoms with Crippen molar-refractivity contribution < 1.29 is 0 Å². The van der Waals surface area contributed by atoms with Gasteiger partial charge in [-0.1, -0.05) is 19.1 Å². The van der Waals surface area contributed by atoms with E-state index in [-0.39, 0.29) is 0 Å². The second kappa shape index (κ2) is 5.54. The van der Waals surface area contributed by atoms with Gasteiger partial charge in [0.2, 0.25) is 0 Å². The summed E-state index contributed by atoms with van der Waals surface area (Å²) in [4.78, 5) is 0. The van der Waals surface area contributed by atoms with Crippen molar-refractivity contribution in [3.05, 3.63) is 24.3 Å². The Morgan fingerprint density at radius 2 is 2.36 bits per heavy atom. The molecule has 1 rings (SSSR count). The van der Waals surface area contributed by atoms with Gasteiger partial charge in [0.15, 0.2) is 0 Å². The highest BCUT2D eigenvalue weighted by molar-refractivity contribution is 4.96. The summed E-state index contributed by atoms with van der Waals surface area (Å²) in [6, 6.07) is 0. The predicted molar refractivity (Wildman–Crippen MR) is 56.8 cm³/mol. The topological polar surface area (TPSA) is 42.7 Å². The van der Waals surface area contributed by atoms with Gasteiger partial charge in [-0.05, 0) is 13.3 Å². The molecular formula is C10H18N4. The van der Waals surface area contributed by atoms with Crippen LogP contribution in [0.5, 0.6) is 0 Å². The summed E-state index contributed by atoms with van der Waals surface area (Å²) in [7, 11) is 0. The largest absolute Gasteiger partial charge is 0.317 e. The number of aromatic nitrogens is 3. The lowest BCUT2D eigenvalue weighted by atomic mass is 10.2. The maximum atomic E-state index is 4.03. The van der Waals surface area contributed by atoms with Gasteiger partial charge in [0, 0.05) is 13.1 Å². The lowest BCUT2D eigenvalue weighted by molar-refractivity contribution is 0.630. The summed E-state index contributed by atoms with van der Waals surface area (Å²) in [6.07, 6.45) is 2.78. The van der Waals surface area contributed by atoms with E-state index in [2.05, 4.69) is 35.9 Å². The zero-order valence-corrected chi connectivity index (χ0v) is 8.95. The molecule has 1 heterocycles. The number of hydrogen-bond donors (Lipinski definition) is 1. The molecule has 0 aliphatic carbocycles. The Hall–Kier alpha value is -1.16. The van der Waals surface area contributed by atoms with Gasteiger partial charge in [-0.3, -0.25) is 0 Å². The molecule has 4 nitrogen and oxygen atoms in total. The van der Waals surface area contributed by atoms with Crippen LogP contribution in [0.15, 0.2) is 18.5 Å². The molecule has 14 heavy (non-hydrogen) atoms. The minimum Gasteiger partial charge on any atom is -0.317 e. The Bertz CT molecular complexity index is 290. The van der Waals surface area contributed by atoms with Crippen LogP contribution < -0.4 is 5.32 Å². The van der Waals surface area contributed by atoms with Crippen molar-refractivity contribution in [3.8, 4) is 0 Å². The van der Waals surface area contributed by atoms with E-state index in [1.807, 2.05) is 4.57 Å². The summed E-state index contributed by atoms with van der Waals surface area (Å²) in [5, 5.41) is 11.2. The fourth-order valence-electron chi connectivity index (χ4n) is 1.16. The molecule has 0 radical (unpaired) electrons. The fraction of sp³-hybridized carbons (Fsp3) is 0.600. The molecular weight excluding hydrogens is 176 g/mol.